The first-order valence-electron chi connectivity index (χ1n) is 5.54. The van der Waals surface area contributed by atoms with Crippen LogP contribution in [0.25, 0.3) is 0 Å². The van der Waals surface area contributed by atoms with E-state index in [2.05, 4.69) is 10.3 Å². The Hall–Kier alpha value is -0.940. The highest BCUT2D eigenvalue weighted by Gasteiger charge is 2.16. The van der Waals surface area contributed by atoms with Gasteiger partial charge < -0.3 is 10.1 Å². The lowest BCUT2D eigenvalue weighted by atomic mass is 10.0. The average Bonchev–Trinajstić information content (AvgIpc) is 2.74. The molecule has 1 amide bonds. The molecular weight excluding hydrogens is 224 g/mol. The molecule has 2 heterocycles. The molecule has 0 spiro atoms. The van der Waals surface area contributed by atoms with E-state index in [0.717, 1.165) is 31.1 Å². The van der Waals surface area contributed by atoms with Gasteiger partial charge >= 0.3 is 0 Å². The molecule has 1 aliphatic heterocycles. The van der Waals surface area contributed by atoms with E-state index in [1.807, 2.05) is 6.92 Å². The van der Waals surface area contributed by atoms with E-state index < -0.39 is 0 Å². The molecular formula is C11H16N2O2S. The van der Waals surface area contributed by atoms with Crippen molar-refractivity contribution in [2.75, 3.05) is 19.8 Å². The molecule has 1 aliphatic rings. The van der Waals surface area contributed by atoms with Gasteiger partial charge in [0.25, 0.3) is 5.91 Å². The molecule has 4 nitrogen and oxygen atoms in total. The van der Waals surface area contributed by atoms with Crippen LogP contribution in [0.5, 0.6) is 0 Å². The Morgan fingerprint density at radius 3 is 3.25 bits per heavy atom. The molecule has 0 aromatic carbocycles. The van der Waals surface area contributed by atoms with E-state index in [1.165, 1.54) is 11.3 Å². The molecule has 0 bridgehead atoms. The van der Waals surface area contributed by atoms with Crippen LogP contribution in [0.3, 0.4) is 0 Å². The number of hydrogen-bond acceptors (Lipinski definition) is 4. The maximum Gasteiger partial charge on any atom is 0.270 e. The van der Waals surface area contributed by atoms with Crippen molar-refractivity contribution in [1.29, 1.82) is 0 Å². The summed E-state index contributed by atoms with van der Waals surface area (Å²) in [7, 11) is 0. The second-order valence-corrected chi connectivity index (χ2v) is 5.11. The molecule has 16 heavy (non-hydrogen) atoms. The van der Waals surface area contributed by atoms with Crippen LogP contribution in [0.2, 0.25) is 0 Å². The Morgan fingerprint density at radius 1 is 1.75 bits per heavy atom. The van der Waals surface area contributed by atoms with Crippen molar-refractivity contribution in [2.24, 2.45) is 5.92 Å². The zero-order chi connectivity index (χ0) is 11.4. The predicted molar refractivity (Wildman–Crippen MR) is 62.7 cm³/mol. The van der Waals surface area contributed by atoms with Gasteiger partial charge in [-0.05, 0) is 25.7 Å². The highest BCUT2D eigenvalue weighted by Crippen LogP contribution is 2.13. The summed E-state index contributed by atoms with van der Waals surface area (Å²) in [6.45, 7) is 4.21. The second kappa shape index (κ2) is 5.41. The minimum Gasteiger partial charge on any atom is -0.381 e. The Bertz CT molecular complexity index is 359. The number of nitrogens with zero attached hydrogens (tertiary/aromatic N) is 1. The van der Waals surface area contributed by atoms with Gasteiger partial charge in [0.15, 0.2) is 0 Å². The molecule has 1 atom stereocenters. The maximum absolute atomic E-state index is 11.7. The van der Waals surface area contributed by atoms with Crippen molar-refractivity contribution in [2.45, 2.75) is 19.8 Å². The van der Waals surface area contributed by atoms with Gasteiger partial charge in [0.05, 0.1) is 11.6 Å². The highest BCUT2D eigenvalue weighted by atomic mass is 32.1. The zero-order valence-corrected chi connectivity index (χ0v) is 10.2. The lowest BCUT2D eigenvalue weighted by Crippen LogP contribution is -2.33. The third-order valence-electron chi connectivity index (χ3n) is 2.66. The minimum absolute atomic E-state index is 0.0741. The maximum atomic E-state index is 11.7. The van der Waals surface area contributed by atoms with E-state index in [-0.39, 0.29) is 5.91 Å². The Morgan fingerprint density at radius 2 is 2.62 bits per heavy atom. The van der Waals surface area contributed by atoms with E-state index in [0.29, 0.717) is 18.2 Å². The predicted octanol–water partition coefficient (Wildman–Crippen LogP) is 1.61. The Kier molecular flexibility index (Phi) is 3.90. The zero-order valence-electron chi connectivity index (χ0n) is 9.36. The Labute approximate surface area is 99.0 Å². The molecule has 0 aliphatic carbocycles. The summed E-state index contributed by atoms with van der Waals surface area (Å²) in [5.74, 6) is 0.382. The number of hydrogen-bond donors (Lipinski definition) is 1. The van der Waals surface area contributed by atoms with E-state index >= 15 is 0 Å². The number of ether oxygens (including phenoxy) is 1. The van der Waals surface area contributed by atoms with E-state index in [4.69, 9.17) is 4.74 Å². The van der Waals surface area contributed by atoms with Gasteiger partial charge in [-0.15, -0.1) is 11.3 Å². The normalized spacial score (nSPS) is 20.7. The van der Waals surface area contributed by atoms with Crippen LogP contribution in [0.4, 0.5) is 0 Å². The van der Waals surface area contributed by atoms with Crippen LogP contribution in [0.1, 0.15) is 28.3 Å². The third-order valence-corrected chi connectivity index (χ3v) is 3.43. The van der Waals surface area contributed by atoms with Crippen molar-refractivity contribution in [3.8, 4) is 0 Å². The van der Waals surface area contributed by atoms with Crippen molar-refractivity contribution in [1.82, 2.24) is 10.3 Å². The first-order chi connectivity index (χ1) is 7.75. The molecule has 1 N–H and O–H groups in total. The molecule has 0 saturated carbocycles. The van der Waals surface area contributed by atoms with Crippen LogP contribution in [0, 0.1) is 12.8 Å². The summed E-state index contributed by atoms with van der Waals surface area (Å²) >= 11 is 1.50. The lowest BCUT2D eigenvalue weighted by molar-refractivity contribution is 0.0536. The number of carbonyl (C=O) groups excluding carboxylic acids is 1. The van der Waals surface area contributed by atoms with Crippen LogP contribution in [-0.2, 0) is 4.74 Å². The minimum atomic E-state index is -0.0741. The van der Waals surface area contributed by atoms with Crippen molar-refractivity contribution < 1.29 is 9.53 Å². The SMILES string of the molecule is Cc1nc(C(=O)NC[C@@H]2CCCOC2)cs1. The summed E-state index contributed by atoms with van der Waals surface area (Å²) in [4.78, 5) is 15.8. The molecule has 1 saturated heterocycles. The fraction of sp³-hybridized carbons (Fsp3) is 0.636. The van der Waals surface area contributed by atoms with Gasteiger partial charge in [0.1, 0.15) is 5.69 Å². The summed E-state index contributed by atoms with van der Waals surface area (Å²) in [5, 5.41) is 5.62. The summed E-state index contributed by atoms with van der Waals surface area (Å²) in [6.07, 6.45) is 2.23. The van der Waals surface area contributed by atoms with Crippen molar-refractivity contribution in [3.05, 3.63) is 16.1 Å². The van der Waals surface area contributed by atoms with Crippen LogP contribution < -0.4 is 5.32 Å². The van der Waals surface area contributed by atoms with Crippen LogP contribution in [0.15, 0.2) is 5.38 Å². The summed E-state index contributed by atoms with van der Waals surface area (Å²) in [5.41, 5.74) is 0.527. The van der Waals surface area contributed by atoms with Gasteiger partial charge in [-0.25, -0.2) is 4.98 Å². The molecule has 1 aromatic rings. The third kappa shape index (κ3) is 3.02. The fourth-order valence-corrected chi connectivity index (χ4v) is 2.36. The van der Waals surface area contributed by atoms with Gasteiger partial charge in [-0.2, -0.15) is 0 Å². The van der Waals surface area contributed by atoms with Gasteiger partial charge in [-0.1, -0.05) is 0 Å². The topological polar surface area (TPSA) is 51.2 Å². The van der Waals surface area contributed by atoms with Crippen molar-refractivity contribution >= 4 is 17.2 Å². The average molecular weight is 240 g/mol. The highest BCUT2D eigenvalue weighted by molar-refractivity contribution is 7.09. The molecule has 5 heteroatoms. The first kappa shape index (κ1) is 11.5. The number of carbonyl (C=O) groups is 1. The number of aryl methyl sites for hydroxylation is 1. The number of nitrogens with one attached hydrogen (secondary N) is 1. The molecule has 1 fully saturated rings. The monoisotopic (exact) mass is 240 g/mol. The number of thiazole rings is 1. The van der Waals surface area contributed by atoms with Gasteiger partial charge in [0, 0.05) is 18.5 Å². The number of aromatic nitrogens is 1. The molecule has 1 aromatic heterocycles. The lowest BCUT2D eigenvalue weighted by Gasteiger charge is -2.21. The van der Waals surface area contributed by atoms with Gasteiger partial charge in [-0.3, -0.25) is 4.79 Å². The second-order valence-electron chi connectivity index (χ2n) is 4.04. The molecule has 88 valence electrons. The van der Waals surface area contributed by atoms with Gasteiger partial charge in [0.2, 0.25) is 0 Å². The fourth-order valence-electron chi connectivity index (χ4n) is 1.76. The summed E-state index contributed by atoms with van der Waals surface area (Å²) < 4.78 is 5.36. The van der Waals surface area contributed by atoms with E-state index in [9.17, 15) is 4.79 Å². The smallest absolute Gasteiger partial charge is 0.270 e. The van der Waals surface area contributed by atoms with Crippen molar-refractivity contribution in [3.63, 3.8) is 0 Å². The van der Waals surface area contributed by atoms with E-state index in [1.54, 1.807) is 5.38 Å². The Balaban J connectivity index is 1.79. The molecule has 2 rings (SSSR count). The first-order valence-corrected chi connectivity index (χ1v) is 6.42. The molecule has 0 unspecified atom stereocenters. The molecule has 0 radical (unpaired) electrons. The standard InChI is InChI=1S/C11H16N2O2S/c1-8-13-10(7-16-8)11(14)12-5-9-3-2-4-15-6-9/h7,9H,2-6H2,1H3,(H,12,14)/t9-/m0/s1. The summed E-state index contributed by atoms with van der Waals surface area (Å²) in [6, 6.07) is 0. The number of amides is 1. The number of rotatable bonds is 3. The largest absolute Gasteiger partial charge is 0.381 e. The van der Waals surface area contributed by atoms with Crippen LogP contribution in [-0.4, -0.2) is 30.6 Å². The quantitative estimate of drug-likeness (QED) is 0.873. The van der Waals surface area contributed by atoms with Crippen LogP contribution >= 0.6 is 11.3 Å².